The molecule has 0 radical (unpaired) electrons. The number of aryl methyl sites for hydroxylation is 1. The number of carbonyl (C=O) groups excluding carboxylic acids is 1. The number of carbonyl (C=O) groups is 1. The second kappa shape index (κ2) is 8.21. The zero-order chi connectivity index (χ0) is 21.1. The SMILES string of the molecule is COc1ccc(-n2nc(C(=O)Nc3cccc(C)c3C)nc2-c2ccccc2)cc1. The van der Waals surface area contributed by atoms with Crippen molar-refractivity contribution in [2.24, 2.45) is 0 Å². The van der Waals surface area contributed by atoms with Gasteiger partial charge in [-0.2, -0.15) is 0 Å². The average Bonchev–Trinajstić information content (AvgIpc) is 3.23. The fourth-order valence-corrected chi connectivity index (χ4v) is 3.15. The minimum absolute atomic E-state index is 0.102. The topological polar surface area (TPSA) is 69.0 Å². The van der Waals surface area contributed by atoms with Gasteiger partial charge in [0.25, 0.3) is 5.91 Å². The number of nitrogens with one attached hydrogen (secondary N) is 1. The lowest BCUT2D eigenvalue weighted by Gasteiger charge is -2.08. The Morgan fingerprint density at radius 3 is 2.37 bits per heavy atom. The second-order valence-corrected chi connectivity index (χ2v) is 6.94. The Kier molecular flexibility index (Phi) is 5.30. The van der Waals surface area contributed by atoms with Crippen molar-refractivity contribution in [1.82, 2.24) is 14.8 Å². The van der Waals surface area contributed by atoms with E-state index in [9.17, 15) is 4.79 Å². The summed E-state index contributed by atoms with van der Waals surface area (Å²) in [5.41, 5.74) is 4.53. The Morgan fingerprint density at radius 1 is 0.933 bits per heavy atom. The van der Waals surface area contributed by atoms with Crippen LogP contribution in [0.15, 0.2) is 72.8 Å². The molecule has 4 aromatic rings. The molecule has 3 aromatic carbocycles. The van der Waals surface area contributed by atoms with Crippen molar-refractivity contribution < 1.29 is 9.53 Å². The van der Waals surface area contributed by atoms with Gasteiger partial charge in [0, 0.05) is 11.3 Å². The highest BCUT2D eigenvalue weighted by molar-refractivity contribution is 6.02. The lowest BCUT2D eigenvalue weighted by Crippen LogP contribution is -2.15. The minimum Gasteiger partial charge on any atom is -0.497 e. The fraction of sp³-hybridized carbons (Fsp3) is 0.125. The van der Waals surface area contributed by atoms with Gasteiger partial charge in [-0.1, -0.05) is 42.5 Å². The molecule has 6 nitrogen and oxygen atoms in total. The van der Waals surface area contributed by atoms with Crippen LogP contribution < -0.4 is 10.1 Å². The quantitative estimate of drug-likeness (QED) is 0.524. The number of amides is 1. The van der Waals surface area contributed by atoms with E-state index in [0.29, 0.717) is 5.82 Å². The minimum atomic E-state index is -0.354. The van der Waals surface area contributed by atoms with Gasteiger partial charge in [-0.15, -0.1) is 5.10 Å². The summed E-state index contributed by atoms with van der Waals surface area (Å²) in [5, 5.41) is 7.44. The van der Waals surface area contributed by atoms with Crippen LogP contribution in [0.3, 0.4) is 0 Å². The molecule has 0 saturated carbocycles. The molecule has 0 aliphatic carbocycles. The molecule has 1 N–H and O–H groups in total. The molecule has 1 amide bonds. The molecule has 0 aliphatic heterocycles. The fourth-order valence-electron chi connectivity index (χ4n) is 3.15. The molecule has 0 bridgehead atoms. The van der Waals surface area contributed by atoms with Gasteiger partial charge in [-0.3, -0.25) is 4.79 Å². The molecule has 0 spiro atoms. The standard InChI is InChI=1S/C24H22N4O2/c1-16-8-7-11-21(17(16)2)25-24(29)22-26-23(18-9-5-4-6-10-18)28(27-22)19-12-14-20(30-3)15-13-19/h4-15H,1-3H3,(H,25,29). The molecule has 1 heterocycles. The first kappa shape index (κ1) is 19.4. The van der Waals surface area contributed by atoms with Crippen LogP contribution in [0, 0.1) is 13.8 Å². The monoisotopic (exact) mass is 398 g/mol. The van der Waals surface area contributed by atoms with Crippen LogP contribution in [-0.2, 0) is 0 Å². The number of hydrogen-bond acceptors (Lipinski definition) is 4. The summed E-state index contributed by atoms with van der Waals surface area (Å²) >= 11 is 0. The number of nitrogens with zero attached hydrogens (tertiary/aromatic N) is 3. The Labute approximate surface area is 175 Å². The van der Waals surface area contributed by atoms with E-state index in [1.165, 1.54) is 0 Å². The van der Waals surface area contributed by atoms with E-state index in [4.69, 9.17) is 4.74 Å². The first-order valence-corrected chi connectivity index (χ1v) is 9.61. The summed E-state index contributed by atoms with van der Waals surface area (Å²) in [5.74, 6) is 1.08. The molecule has 0 saturated heterocycles. The van der Waals surface area contributed by atoms with Crippen molar-refractivity contribution in [3.05, 3.63) is 89.7 Å². The zero-order valence-corrected chi connectivity index (χ0v) is 17.1. The third-order valence-corrected chi connectivity index (χ3v) is 5.01. The van der Waals surface area contributed by atoms with Crippen LogP contribution in [0.25, 0.3) is 17.1 Å². The van der Waals surface area contributed by atoms with Gasteiger partial charge in [0.05, 0.1) is 12.8 Å². The van der Waals surface area contributed by atoms with Gasteiger partial charge in [-0.05, 0) is 55.3 Å². The molecule has 4 rings (SSSR count). The first-order valence-electron chi connectivity index (χ1n) is 9.61. The van der Waals surface area contributed by atoms with E-state index in [2.05, 4.69) is 15.4 Å². The summed E-state index contributed by atoms with van der Waals surface area (Å²) in [6.07, 6.45) is 0. The van der Waals surface area contributed by atoms with Crippen molar-refractivity contribution in [2.75, 3.05) is 12.4 Å². The molecule has 0 unspecified atom stereocenters. The summed E-state index contributed by atoms with van der Waals surface area (Å²) in [7, 11) is 1.62. The number of anilines is 1. The third-order valence-electron chi connectivity index (χ3n) is 5.01. The van der Waals surface area contributed by atoms with Crippen LogP contribution in [0.4, 0.5) is 5.69 Å². The van der Waals surface area contributed by atoms with E-state index >= 15 is 0 Å². The highest BCUT2D eigenvalue weighted by Crippen LogP contribution is 2.24. The van der Waals surface area contributed by atoms with Crippen LogP contribution in [0.5, 0.6) is 5.75 Å². The van der Waals surface area contributed by atoms with Gasteiger partial charge in [-0.25, -0.2) is 9.67 Å². The van der Waals surface area contributed by atoms with Crippen LogP contribution in [0.1, 0.15) is 21.7 Å². The maximum Gasteiger partial charge on any atom is 0.295 e. The van der Waals surface area contributed by atoms with E-state index < -0.39 is 0 Å². The second-order valence-electron chi connectivity index (χ2n) is 6.94. The van der Waals surface area contributed by atoms with Crippen molar-refractivity contribution in [3.63, 3.8) is 0 Å². The number of rotatable bonds is 5. The zero-order valence-electron chi connectivity index (χ0n) is 17.1. The van der Waals surface area contributed by atoms with E-state index in [0.717, 1.165) is 33.8 Å². The first-order chi connectivity index (χ1) is 14.6. The maximum absolute atomic E-state index is 12.9. The van der Waals surface area contributed by atoms with Crippen molar-refractivity contribution in [2.45, 2.75) is 13.8 Å². The number of hydrogen-bond donors (Lipinski definition) is 1. The van der Waals surface area contributed by atoms with Crippen LogP contribution in [0.2, 0.25) is 0 Å². The Balaban J connectivity index is 1.74. The molecule has 30 heavy (non-hydrogen) atoms. The van der Waals surface area contributed by atoms with E-state index in [-0.39, 0.29) is 11.7 Å². The highest BCUT2D eigenvalue weighted by atomic mass is 16.5. The number of ether oxygens (including phenoxy) is 1. The third kappa shape index (κ3) is 3.80. The van der Waals surface area contributed by atoms with Crippen molar-refractivity contribution in [3.8, 4) is 22.8 Å². The highest BCUT2D eigenvalue weighted by Gasteiger charge is 2.19. The van der Waals surface area contributed by atoms with Crippen molar-refractivity contribution >= 4 is 11.6 Å². The van der Waals surface area contributed by atoms with Gasteiger partial charge >= 0.3 is 0 Å². The smallest absolute Gasteiger partial charge is 0.295 e. The Bertz CT molecular complexity index is 1180. The maximum atomic E-state index is 12.9. The largest absolute Gasteiger partial charge is 0.497 e. The van der Waals surface area contributed by atoms with Crippen LogP contribution in [-0.4, -0.2) is 27.8 Å². The van der Waals surface area contributed by atoms with E-state index in [1.54, 1.807) is 11.8 Å². The van der Waals surface area contributed by atoms with Crippen LogP contribution >= 0.6 is 0 Å². The Hall–Kier alpha value is -3.93. The van der Waals surface area contributed by atoms with E-state index in [1.807, 2.05) is 86.6 Å². The molecule has 6 heteroatoms. The lowest BCUT2D eigenvalue weighted by molar-refractivity contribution is 0.101. The predicted octanol–water partition coefficient (Wildman–Crippen LogP) is 4.81. The summed E-state index contributed by atoms with van der Waals surface area (Å²) in [6, 6.07) is 22.9. The summed E-state index contributed by atoms with van der Waals surface area (Å²) in [4.78, 5) is 17.5. The number of aromatic nitrogens is 3. The molecule has 1 aromatic heterocycles. The molecule has 0 atom stereocenters. The molecular formula is C24H22N4O2. The predicted molar refractivity (Wildman–Crippen MR) is 117 cm³/mol. The van der Waals surface area contributed by atoms with Gasteiger partial charge in [0.15, 0.2) is 5.82 Å². The van der Waals surface area contributed by atoms with Gasteiger partial charge in [0.1, 0.15) is 5.75 Å². The van der Waals surface area contributed by atoms with Gasteiger partial charge in [0.2, 0.25) is 5.82 Å². The normalized spacial score (nSPS) is 10.6. The summed E-state index contributed by atoms with van der Waals surface area (Å²) < 4.78 is 6.91. The Morgan fingerprint density at radius 2 is 1.67 bits per heavy atom. The van der Waals surface area contributed by atoms with Gasteiger partial charge < -0.3 is 10.1 Å². The molecule has 150 valence electrons. The number of benzene rings is 3. The summed E-state index contributed by atoms with van der Waals surface area (Å²) in [6.45, 7) is 3.98. The van der Waals surface area contributed by atoms with Crippen molar-refractivity contribution in [1.29, 1.82) is 0 Å². The molecule has 0 fully saturated rings. The molecule has 0 aliphatic rings. The molecular weight excluding hydrogens is 376 g/mol. The lowest BCUT2D eigenvalue weighted by atomic mass is 10.1. The average molecular weight is 398 g/mol. The number of methoxy groups -OCH3 is 1.